The summed E-state index contributed by atoms with van der Waals surface area (Å²) in [5.41, 5.74) is 0. The van der Waals surface area contributed by atoms with Crippen LogP contribution in [0.4, 0.5) is 5.82 Å². The van der Waals surface area contributed by atoms with Gasteiger partial charge in [0.1, 0.15) is 12.1 Å². The van der Waals surface area contributed by atoms with E-state index in [1.165, 1.54) is 0 Å². The van der Waals surface area contributed by atoms with Gasteiger partial charge in [0, 0.05) is 12.7 Å². The van der Waals surface area contributed by atoms with Crippen molar-refractivity contribution in [2.75, 3.05) is 18.1 Å². The van der Waals surface area contributed by atoms with Gasteiger partial charge < -0.3 is 9.64 Å². The average Bonchev–Trinajstić information content (AvgIpc) is 2.23. The lowest BCUT2D eigenvalue weighted by molar-refractivity contribution is 0.0280. The molecule has 5 heteroatoms. The zero-order chi connectivity index (χ0) is 10.8. The summed E-state index contributed by atoms with van der Waals surface area (Å²) in [6.07, 6.45) is 3.70. The number of anilines is 1. The van der Waals surface area contributed by atoms with Crippen LogP contribution in [0.2, 0.25) is 0 Å². The zero-order valence-electron chi connectivity index (χ0n) is 8.85. The van der Waals surface area contributed by atoms with E-state index in [1.807, 2.05) is 6.20 Å². The molecule has 2 heterocycles. The Bertz CT molecular complexity index is 347. The SMILES string of the molecule is CC1OCCN(c2ncncc2I)C1C. The van der Waals surface area contributed by atoms with Gasteiger partial charge in [-0.3, -0.25) is 0 Å². The van der Waals surface area contributed by atoms with Crippen molar-refractivity contribution >= 4 is 28.4 Å². The first kappa shape index (κ1) is 11.1. The summed E-state index contributed by atoms with van der Waals surface area (Å²) in [6, 6.07) is 0.363. The number of rotatable bonds is 1. The van der Waals surface area contributed by atoms with Crippen molar-refractivity contribution in [3.05, 3.63) is 16.1 Å². The summed E-state index contributed by atoms with van der Waals surface area (Å²) in [5, 5.41) is 0. The number of hydrogen-bond donors (Lipinski definition) is 0. The molecule has 1 aromatic rings. The predicted octanol–water partition coefficient (Wildman–Crippen LogP) is 1.69. The van der Waals surface area contributed by atoms with E-state index < -0.39 is 0 Å². The van der Waals surface area contributed by atoms with Gasteiger partial charge in [-0.25, -0.2) is 9.97 Å². The molecule has 2 atom stereocenters. The van der Waals surface area contributed by atoms with Crippen molar-refractivity contribution in [3.8, 4) is 0 Å². The largest absolute Gasteiger partial charge is 0.375 e. The molecule has 1 fully saturated rings. The lowest BCUT2D eigenvalue weighted by atomic mass is 10.1. The van der Waals surface area contributed by atoms with E-state index in [4.69, 9.17) is 4.74 Å². The van der Waals surface area contributed by atoms with Crippen LogP contribution in [0.5, 0.6) is 0 Å². The topological polar surface area (TPSA) is 38.2 Å². The Hall–Kier alpha value is -0.430. The molecule has 2 unspecified atom stereocenters. The molecule has 0 amide bonds. The van der Waals surface area contributed by atoms with Crippen LogP contribution >= 0.6 is 22.6 Å². The Morgan fingerprint density at radius 2 is 2.33 bits per heavy atom. The van der Waals surface area contributed by atoms with Gasteiger partial charge in [-0.2, -0.15) is 0 Å². The maximum atomic E-state index is 5.59. The monoisotopic (exact) mass is 319 g/mol. The average molecular weight is 319 g/mol. The van der Waals surface area contributed by atoms with Gasteiger partial charge in [0.25, 0.3) is 0 Å². The second-order valence-corrected chi connectivity index (χ2v) is 4.87. The van der Waals surface area contributed by atoms with E-state index in [-0.39, 0.29) is 6.10 Å². The Kier molecular flexibility index (Phi) is 3.40. The Balaban J connectivity index is 2.26. The first-order valence-electron chi connectivity index (χ1n) is 5.04. The lowest BCUT2D eigenvalue weighted by Gasteiger charge is -2.38. The maximum absolute atomic E-state index is 5.59. The van der Waals surface area contributed by atoms with Crippen LogP contribution in [0.1, 0.15) is 13.8 Å². The van der Waals surface area contributed by atoms with Crippen LogP contribution in [0.15, 0.2) is 12.5 Å². The molecule has 1 saturated heterocycles. The number of morpholine rings is 1. The van der Waals surface area contributed by atoms with Crippen molar-refractivity contribution in [1.82, 2.24) is 9.97 Å². The molecule has 1 aliphatic rings. The van der Waals surface area contributed by atoms with Crippen molar-refractivity contribution in [2.45, 2.75) is 26.0 Å². The number of hydrogen-bond acceptors (Lipinski definition) is 4. The molecule has 0 aliphatic carbocycles. The highest BCUT2D eigenvalue weighted by Gasteiger charge is 2.27. The molecule has 4 nitrogen and oxygen atoms in total. The maximum Gasteiger partial charge on any atom is 0.145 e. The quantitative estimate of drug-likeness (QED) is 0.739. The van der Waals surface area contributed by atoms with Gasteiger partial charge in [-0.1, -0.05) is 0 Å². The van der Waals surface area contributed by atoms with Crippen LogP contribution in [0.25, 0.3) is 0 Å². The fourth-order valence-corrected chi connectivity index (χ4v) is 2.36. The minimum Gasteiger partial charge on any atom is -0.375 e. The highest BCUT2D eigenvalue weighted by Crippen LogP contribution is 2.24. The summed E-state index contributed by atoms with van der Waals surface area (Å²) in [4.78, 5) is 10.6. The van der Waals surface area contributed by atoms with E-state index in [9.17, 15) is 0 Å². The minimum atomic E-state index is 0.254. The molecule has 0 saturated carbocycles. The van der Waals surface area contributed by atoms with Gasteiger partial charge >= 0.3 is 0 Å². The van der Waals surface area contributed by atoms with Crippen LogP contribution in [-0.4, -0.2) is 35.3 Å². The molecule has 2 rings (SSSR count). The van der Waals surface area contributed by atoms with Crippen molar-refractivity contribution in [1.29, 1.82) is 0 Å². The van der Waals surface area contributed by atoms with E-state index in [0.29, 0.717) is 6.04 Å². The summed E-state index contributed by atoms with van der Waals surface area (Å²) in [6.45, 7) is 5.94. The van der Waals surface area contributed by atoms with E-state index in [0.717, 1.165) is 22.5 Å². The Morgan fingerprint density at radius 3 is 3.07 bits per heavy atom. The molecule has 0 N–H and O–H groups in total. The highest BCUT2D eigenvalue weighted by molar-refractivity contribution is 14.1. The van der Waals surface area contributed by atoms with Crippen molar-refractivity contribution < 1.29 is 4.74 Å². The van der Waals surface area contributed by atoms with Gasteiger partial charge in [-0.15, -0.1) is 0 Å². The molecule has 1 aromatic heterocycles. The fourth-order valence-electron chi connectivity index (χ4n) is 1.75. The summed E-state index contributed by atoms with van der Waals surface area (Å²) in [5.74, 6) is 1.02. The van der Waals surface area contributed by atoms with Crippen LogP contribution in [0.3, 0.4) is 0 Å². The Labute approximate surface area is 103 Å². The molecule has 0 radical (unpaired) electrons. The van der Waals surface area contributed by atoms with Crippen LogP contribution in [0, 0.1) is 3.57 Å². The van der Waals surface area contributed by atoms with Gasteiger partial charge in [0.2, 0.25) is 0 Å². The van der Waals surface area contributed by atoms with Gasteiger partial charge in [0.15, 0.2) is 0 Å². The first-order valence-corrected chi connectivity index (χ1v) is 6.12. The molecule has 0 aromatic carbocycles. The highest BCUT2D eigenvalue weighted by atomic mass is 127. The molecule has 15 heavy (non-hydrogen) atoms. The van der Waals surface area contributed by atoms with Gasteiger partial charge in [-0.05, 0) is 36.4 Å². The molecule has 82 valence electrons. The van der Waals surface area contributed by atoms with Crippen LogP contribution in [-0.2, 0) is 4.74 Å². The van der Waals surface area contributed by atoms with Crippen molar-refractivity contribution in [3.63, 3.8) is 0 Å². The van der Waals surface area contributed by atoms with Crippen LogP contribution < -0.4 is 4.90 Å². The third kappa shape index (κ3) is 2.23. The minimum absolute atomic E-state index is 0.254. The third-order valence-corrected chi connectivity index (χ3v) is 3.57. The first-order chi connectivity index (χ1) is 7.20. The molecular formula is C10H14IN3O. The fraction of sp³-hybridized carbons (Fsp3) is 0.600. The Morgan fingerprint density at radius 1 is 1.53 bits per heavy atom. The third-order valence-electron chi connectivity index (χ3n) is 2.80. The number of aromatic nitrogens is 2. The van der Waals surface area contributed by atoms with Gasteiger partial charge in [0.05, 0.1) is 22.3 Å². The molecule has 0 spiro atoms. The standard InChI is InChI=1S/C10H14IN3O/c1-7-8(2)15-4-3-14(7)10-9(11)5-12-6-13-10/h5-8H,3-4H2,1-2H3. The van der Waals surface area contributed by atoms with E-state index >= 15 is 0 Å². The summed E-state index contributed by atoms with van der Waals surface area (Å²) >= 11 is 2.27. The van der Waals surface area contributed by atoms with E-state index in [1.54, 1.807) is 6.33 Å². The molecule has 1 aliphatic heterocycles. The summed E-state index contributed by atoms with van der Waals surface area (Å²) in [7, 11) is 0. The number of ether oxygens (including phenoxy) is 1. The van der Waals surface area contributed by atoms with Crippen molar-refractivity contribution in [2.24, 2.45) is 0 Å². The zero-order valence-corrected chi connectivity index (χ0v) is 11.0. The second-order valence-electron chi connectivity index (χ2n) is 3.70. The normalized spacial score (nSPS) is 26.7. The lowest BCUT2D eigenvalue weighted by Crippen LogP contribution is -2.49. The number of nitrogens with zero attached hydrogens (tertiary/aromatic N) is 3. The second kappa shape index (κ2) is 4.61. The molecular weight excluding hydrogens is 305 g/mol. The number of halogens is 1. The smallest absolute Gasteiger partial charge is 0.145 e. The summed E-state index contributed by atoms with van der Waals surface area (Å²) < 4.78 is 6.69. The molecule has 0 bridgehead atoms. The predicted molar refractivity (Wildman–Crippen MR) is 67.0 cm³/mol. The van der Waals surface area contributed by atoms with E-state index in [2.05, 4.69) is 51.3 Å².